The van der Waals surface area contributed by atoms with Crippen LogP contribution in [0.3, 0.4) is 0 Å². The lowest BCUT2D eigenvalue weighted by Crippen LogP contribution is -2.17. The second-order valence-corrected chi connectivity index (χ2v) is 5.54. The smallest absolute Gasteiger partial charge is 0.272 e. The van der Waals surface area contributed by atoms with Crippen molar-refractivity contribution in [3.63, 3.8) is 0 Å². The summed E-state index contributed by atoms with van der Waals surface area (Å²) in [6.07, 6.45) is 2.82. The van der Waals surface area contributed by atoms with Crippen LogP contribution in [0.5, 0.6) is 5.75 Å². The molecule has 0 atom stereocenters. The zero-order chi connectivity index (χ0) is 15.2. The molecule has 112 valence electrons. The number of aromatic nitrogens is 1. The number of ether oxygens (including phenoxy) is 1. The number of carbonyl (C=O) groups excluding carboxylic acids is 1. The number of rotatable bonds is 6. The third-order valence-electron chi connectivity index (χ3n) is 3.03. The van der Waals surface area contributed by atoms with Crippen molar-refractivity contribution in [2.45, 2.75) is 26.8 Å². The topological polar surface area (TPSA) is 43.3 Å². The molecule has 4 nitrogen and oxygen atoms in total. The first-order valence-electron chi connectivity index (χ1n) is 7.04. The number of nitrogens with one attached hydrogen (secondary N) is 1. The molecule has 0 aliphatic carbocycles. The highest BCUT2D eigenvalue weighted by Crippen LogP contribution is 2.25. The van der Waals surface area contributed by atoms with Crippen molar-refractivity contribution in [2.24, 2.45) is 0 Å². The van der Waals surface area contributed by atoms with Gasteiger partial charge in [-0.05, 0) is 47.5 Å². The number of hydrogen-bond acceptors (Lipinski definition) is 2. The minimum absolute atomic E-state index is 0.143. The van der Waals surface area contributed by atoms with E-state index in [9.17, 15) is 4.79 Å². The number of hydrogen-bond donors (Lipinski definition) is 1. The van der Waals surface area contributed by atoms with Crippen molar-refractivity contribution in [3.8, 4) is 5.75 Å². The molecular weight excluding hydrogens is 332 g/mol. The fraction of sp³-hybridized carbons (Fsp3) is 0.312. The van der Waals surface area contributed by atoms with E-state index in [0.717, 1.165) is 17.4 Å². The highest BCUT2D eigenvalue weighted by molar-refractivity contribution is 9.10. The quantitative estimate of drug-likeness (QED) is 0.843. The third-order valence-corrected chi connectivity index (χ3v) is 3.47. The third kappa shape index (κ3) is 3.88. The molecule has 0 unspecified atom stereocenters. The largest absolute Gasteiger partial charge is 0.491 e. The summed E-state index contributed by atoms with van der Waals surface area (Å²) in [5.41, 5.74) is 1.31. The van der Waals surface area contributed by atoms with Crippen LogP contribution in [0.2, 0.25) is 0 Å². The maximum Gasteiger partial charge on any atom is 0.272 e. The highest BCUT2D eigenvalue weighted by Gasteiger charge is 2.14. The zero-order valence-corrected chi connectivity index (χ0v) is 13.8. The summed E-state index contributed by atoms with van der Waals surface area (Å²) in [6.45, 7) is 5.42. The zero-order valence-electron chi connectivity index (χ0n) is 12.2. The van der Waals surface area contributed by atoms with Gasteiger partial charge in [0.2, 0.25) is 0 Å². The molecule has 0 bridgehead atoms. The van der Waals surface area contributed by atoms with Crippen LogP contribution in [0.1, 0.15) is 30.8 Å². The maximum absolute atomic E-state index is 12.4. The van der Waals surface area contributed by atoms with Gasteiger partial charge in [-0.25, -0.2) is 0 Å². The Morgan fingerprint density at radius 1 is 1.33 bits per heavy atom. The maximum atomic E-state index is 12.4. The van der Waals surface area contributed by atoms with Crippen molar-refractivity contribution in [3.05, 3.63) is 46.7 Å². The molecule has 0 aliphatic rings. The summed E-state index contributed by atoms with van der Waals surface area (Å²) < 4.78 is 8.45. The van der Waals surface area contributed by atoms with E-state index in [1.165, 1.54) is 0 Å². The molecule has 1 amide bonds. The normalized spacial score (nSPS) is 10.4. The molecule has 5 heteroatoms. The Hall–Kier alpha value is -1.75. The van der Waals surface area contributed by atoms with Crippen molar-refractivity contribution in [1.82, 2.24) is 4.57 Å². The molecule has 1 heterocycles. The lowest BCUT2D eigenvalue weighted by molar-refractivity contribution is 0.101. The van der Waals surface area contributed by atoms with Gasteiger partial charge in [-0.15, -0.1) is 0 Å². The molecule has 0 saturated carbocycles. The summed E-state index contributed by atoms with van der Waals surface area (Å²) in [5, 5.41) is 2.92. The number of amides is 1. The van der Waals surface area contributed by atoms with E-state index >= 15 is 0 Å². The molecule has 0 aliphatic heterocycles. The molecule has 1 aromatic heterocycles. The average molecular weight is 351 g/mol. The summed E-state index contributed by atoms with van der Waals surface area (Å²) in [5.74, 6) is 0.552. The lowest BCUT2D eigenvalue weighted by Gasteiger charge is -2.12. The van der Waals surface area contributed by atoms with Gasteiger partial charge in [-0.3, -0.25) is 4.79 Å². The van der Waals surface area contributed by atoms with Crippen molar-refractivity contribution < 1.29 is 9.53 Å². The van der Waals surface area contributed by atoms with E-state index in [2.05, 4.69) is 21.2 Å². The molecule has 21 heavy (non-hydrogen) atoms. The van der Waals surface area contributed by atoms with E-state index in [1.54, 1.807) is 0 Å². The standard InChI is InChI=1S/C16H19BrN2O2/c1-3-9-21-15-8-6-5-7-13(15)18-16(20)14-10-12(17)11-19(14)4-2/h5-8,10-11H,3-4,9H2,1-2H3,(H,18,20). The van der Waals surface area contributed by atoms with Crippen LogP contribution in [-0.2, 0) is 6.54 Å². The summed E-state index contributed by atoms with van der Waals surface area (Å²) in [7, 11) is 0. The first kappa shape index (κ1) is 15.6. The average Bonchev–Trinajstić information content (AvgIpc) is 2.87. The van der Waals surface area contributed by atoms with Gasteiger partial charge >= 0.3 is 0 Å². The number of halogens is 1. The number of anilines is 1. The second-order valence-electron chi connectivity index (χ2n) is 4.63. The van der Waals surface area contributed by atoms with Gasteiger partial charge < -0.3 is 14.6 Å². The van der Waals surface area contributed by atoms with Crippen LogP contribution in [-0.4, -0.2) is 17.1 Å². The molecule has 2 rings (SSSR count). The van der Waals surface area contributed by atoms with Gasteiger partial charge in [0.1, 0.15) is 11.4 Å². The summed E-state index contributed by atoms with van der Waals surface area (Å²) in [6, 6.07) is 9.29. The van der Waals surface area contributed by atoms with Gasteiger partial charge in [0.05, 0.1) is 12.3 Å². The fourth-order valence-corrected chi connectivity index (χ4v) is 2.48. The van der Waals surface area contributed by atoms with Gasteiger partial charge in [0.25, 0.3) is 5.91 Å². The van der Waals surface area contributed by atoms with Crippen LogP contribution in [0, 0.1) is 0 Å². The lowest BCUT2D eigenvalue weighted by atomic mass is 10.2. The number of benzene rings is 1. The van der Waals surface area contributed by atoms with Crippen LogP contribution in [0.4, 0.5) is 5.69 Å². The Bertz CT molecular complexity index is 622. The molecule has 1 N–H and O–H groups in total. The van der Waals surface area contributed by atoms with E-state index in [4.69, 9.17) is 4.74 Å². The monoisotopic (exact) mass is 350 g/mol. The Morgan fingerprint density at radius 2 is 2.10 bits per heavy atom. The second kappa shape index (κ2) is 7.31. The van der Waals surface area contributed by atoms with Crippen LogP contribution in [0.25, 0.3) is 0 Å². The minimum atomic E-state index is -0.143. The van der Waals surface area contributed by atoms with E-state index in [0.29, 0.717) is 23.7 Å². The summed E-state index contributed by atoms with van der Waals surface area (Å²) >= 11 is 3.40. The predicted molar refractivity (Wildman–Crippen MR) is 88.0 cm³/mol. The molecule has 1 aromatic carbocycles. The van der Waals surface area contributed by atoms with Crippen LogP contribution < -0.4 is 10.1 Å². The van der Waals surface area contributed by atoms with Gasteiger partial charge in [0, 0.05) is 17.2 Å². The fourth-order valence-electron chi connectivity index (χ4n) is 2.02. The van der Waals surface area contributed by atoms with E-state index in [1.807, 2.05) is 54.9 Å². The Labute approximate surface area is 133 Å². The number of carbonyl (C=O) groups is 1. The van der Waals surface area contributed by atoms with Crippen LogP contribution >= 0.6 is 15.9 Å². The molecule has 0 spiro atoms. The highest BCUT2D eigenvalue weighted by atomic mass is 79.9. The molecule has 0 fully saturated rings. The van der Waals surface area contributed by atoms with E-state index < -0.39 is 0 Å². The molecule has 2 aromatic rings. The van der Waals surface area contributed by atoms with Crippen molar-refractivity contribution in [1.29, 1.82) is 0 Å². The minimum Gasteiger partial charge on any atom is -0.491 e. The first-order chi connectivity index (χ1) is 10.2. The van der Waals surface area contributed by atoms with Crippen LogP contribution in [0.15, 0.2) is 41.0 Å². The van der Waals surface area contributed by atoms with Gasteiger partial charge in [-0.2, -0.15) is 0 Å². The number of nitrogens with zero attached hydrogens (tertiary/aromatic N) is 1. The Morgan fingerprint density at radius 3 is 2.81 bits per heavy atom. The predicted octanol–water partition coefficient (Wildman–Crippen LogP) is 4.31. The van der Waals surface area contributed by atoms with E-state index in [-0.39, 0.29) is 5.91 Å². The number of para-hydroxylation sites is 2. The SMILES string of the molecule is CCCOc1ccccc1NC(=O)c1cc(Br)cn1CC. The summed E-state index contributed by atoms with van der Waals surface area (Å²) in [4.78, 5) is 12.4. The van der Waals surface area contributed by atoms with Gasteiger partial charge in [-0.1, -0.05) is 19.1 Å². The Balaban J connectivity index is 2.19. The molecule has 0 saturated heterocycles. The molecule has 0 radical (unpaired) electrons. The molecular formula is C16H19BrN2O2. The Kier molecular flexibility index (Phi) is 5.44. The number of aryl methyl sites for hydroxylation is 1. The van der Waals surface area contributed by atoms with Gasteiger partial charge in [0.15, 0.2) is 0 Å². The van der Waals surface area contributed by atoms with Crippen molar-refractivity contribution >= 4 is 27.5 Å². The first-order valence-corrected chi connectivity index (χ1v) is 7.83. The van der Waals surface area contributed by atoms with Crippen molar-refractivity contribution in [2.75, 3.05) is 11.9 Å².